The zero-order chi connectivity index (χ0) is 4.57. The van der Waals surface area contributed by atoms with Gasteiger partial charge in [-0.15, -0.1) is 0 Å². The van der Waals surface area contributed by atoms with Crippen molar-refractivity contribution in [2.45, 2.75) is 19.8 Å². The highest BCUT2D eigenvalue weighted by Gasteiger charge is 2.26. The van der Waals surface area contributed by atoms with E-state index in [1.165, 1.54) is 6.42 Å². The topological polar surface area (TPSA) is 23.9 Å². The Labute approximate surface area is 37.9 Å². The molecule has 1 aliphatic carbocycles. The summed E-state index contributed by atoms with van der Waals surface area (Å²) in [4.78, 5) is 0. The normalized spacial score (nSPS) is 30.8. The van der Waals surface area contributed by atoms with E-state index in [9.17, 15) is 0 Å². The van der Waals surface area contributed by atoms with Crippen molar-refractivity contribution in [1.29, 1.82) is 5.41 Å². The van der Waals surface area contributed by atoms with E-state index in [1.54, 1.807) is 0 Å². The van der Waals surface area contributed by atoms with Gasteiger partial charge in [0.05, 0.1) is 0 Å². The van der Waals surface area contributed by atoms with E-state index in [-0.39, 0.29) is 0 Å². The molecule has 0 aromatic carbocycles. The summed E-state index contributed by atoms with van der Waals surface area (Å²) in [6, 6.07) is 0. The SMILES string of the molecule is CC[C@@H]1CC1=N. The number of nitrogens with one attached hydrogen (secondary N) is 1. The average molecular weight is 83.1 g/mol. The lowest BCUT2D eigenvalue weighted by Gasteiger charge is -1.73. The Hall–Kier alpha value is -0.330. The van der Waals surface area contributed by atoms with Gasteiger partial charge in [0.1, 0.15) is 0 Å². The van der Waals surface area contributed by atoms with Gasteiger partial charge in [-0.25, -0.2) is 0 Å². The minimum absolute atomic E-state index is 0.685. The molecule has 1 rings (SSSR count). The van der Waals surface area contributed by atoms with Gasteiger partial charge in [-0.3, -0.25) is 0 Å². The molecule has 1 saturated carbocycles. The Bertz CT molecular complexity index is 76.0. The summed E-state index contributed by atoms with van der Waals surface area (Å²) in [6.45, 7) is 2.13. The minimum atomic E-state index is 0.685. The van der Waals surface area contributed by atoms with E-state index in [1.807, 2.05) is 0 Å². The quantitative estimate of drug-likeness (QED) is 0.496. The van der Waals surface area contributed by atoms with Crippen LogP contribution in [0.4, 0.5) is 0 Å². The van der Waals surface area contributed by atoms with Gasteiger partial charge in [0.25, 0.3) is 0 Å². The van der Waals surface area contributed by atoms with Crippen LogP contribution in [-0.2, 0) is 0 Å². The second-order valence-corrected chi connectivity index (χ2v) is 1.83. The van der Waals surface area contributed by atoms with Gasteiger partial charge in [-0.05, 0) is 12.8 Å². The van der Waals surface area contributed by atoms with Crippen LogP contribution >= 0.6 is 0 Å². The Morgan fingerprint density at radius 3 is 2.50 bits per heavy atom. The predicted octanol–water partition coefficient (Wildman–Crippen LogP) is 1.44. The molecule has 6 heavy (non-hydrogen) atoms. The summed E-state index contributed by atoms with van der Waals surface area (Å²) < 4.78 is 0. The molecule has 0 bridgehead atoms. The summed E-state index contributed by atoms with van der Waals surface area (Å²) in [6.07, 6.45) is 2.26. The Balaban J connectivity index is 2.26. The molecule has 0 aliphatic heterocycles. The standard InChI is InChI=1S/C5H9N/c1-2-4-3-5(4)6/h4,6H,2-3H2,1H3/t4-/m1/s1. The van der Waals surface area contributed by atoms with Gasteiger partial charge in [-0.2, -0.15) is 0 Å². The van der Waals surface area contributed by atoms with Crippen LogP contribution in [0.2, 0.25) is 0 Å². The molecule has 0 aromatic rings. The number of hydrogen-bond acceptors (Lipinski definition) is 1. The average Bonchev–Trinajstić information content (AvgIpc) is 2.19. The monoisotopic (exact) mass is 83.1 g/mol. The highest BCUT2D eigenvalue weighted by Crippen LogP contribution is 2.26. The molecule has 0 radical (unpaired) electrons. The Morgan fingerprint density at radius 1 is 2.00 bits per heavy atom. The van der Waals surface area contributed by atoms with Crippen LogP contribution in [0.1, 0.15) is 19.8 Å². The first-order valence-electron chi connectivity index (χ1n) is 2.42. The first kappa shape index (κ1) is 3.85. The lowest BCUT2D eigenvalue weighted by atomic mass is 10.3. The van der Waals surface area contributed by atoms with E-state index in [4.69, 9.17) is 5.41 Å². The van der Waals surface area contributed by atoms with Crippen molar-refractivity contribution in [3.63, 3.8) is 0 Å². The molecule has 34 valence electrons. The van der Waals surface area contributed by atoms with Crippen LogP contribution in [0.25, 0.3) is 0 Å². The fourth-order valence-electron chi connectivity index (χ4n) is 0.597. The van der Waals surface area contributed by atoms with E-state index in [0.29, 0.717) is 5.92 Å². The fourth-order valence-corrected chi connectivity index (χ4v) is 0.597. The lowest BCUT2D eigenvalue weighted by molar-refractivity contribution is 0.840. The molecular weight excluding hydrogens is 74.1 g/mol. The summed E-state index contributed by atoms with van der Waals surface area (Å²) >= 11 is 0. The number of hydrogen-bond donors (Lipinski definition) is 1. The van der Waals surface area contributed by atoms with Crippen molar-refractivity contribution in [2.24, 2.45) is 5.92 Å². The molecule has 0 spiro atoms. The zero-order valence-electron chi connectivity index (χ0n) is 3.99. The molecule has 1 heteroatoms. The van der Waals surface area contributed by atoms with Crippen LogP contribution in [0.5, 0.6) is 0 Å². The predicted molar refractivity (Wildman–Crippen MR) is 26.1 cm³/mol. The molecule has 0 saturated heterocycles. The summed E-state index contributed by atoms with van der Waals surface area (Å²) in [5.41, 5.74) is 0.956. The van der Waals surface area contributed by atoms with E-state index < -0.39 is 0 Å². The molecule has 0 amide bonds. The van der Waals surface area contributed by atoms with Crippen LogP contribution in [0.15, 0.2) is 0 Å². The molecule has 1 aliphatic rings. The van der Waals surface area contributed by atoms with E-state index in [0.717, 1.165) is 12.1 Å². The van der Waals surface area contributed by atoms with Gasteiger partial charge < -0.3 is 5.41 Å². The summed E-state index contributed by atoms with van der Waals surface area (Å²) in [5, 5.41) is 6.97. The fraction of sp³-hybridized carbons (Fsp3) is 0.800. The minimum Gasteiger partial charge on any atom is -0.309 e. The second kappa shape index (κ2) is 1.07. The maximum Gasteiger partial charge on any atom is 0.0130 e. The van der Waals surface area contributed by atoms with Crippen molar-refractivity contribution in [1.82, 2.24) is 0 Å². The molecule has 1 atom stereocenters. The van der Waals surface area contributed by atoms with Crippen molar-refractivity contribution in [2.75, 3.05) is 0 Å². The van der Waals surface area contributed by atoms with Crippen molar-refractivity contribution in [3.8, 4) is 0 Å². The van der Waals surface area contributed by atoms with Crippen LogP contribution in [-0.4, -0.2) is 5.71 Å². The van der Waals surface area contributed by atoms with E-state index >= 15 is 0 Å². The zero-order valence-corrected chi connectivity index (χ0v) is 3.99. The lowest BCUT2D eigenvalue weighted by Crippen LogP contribution is -1.68. The third kappa shape index (κ3) is 0.445. The molecule has 0 heterocycles. The van der Waals surface area contributed by atoms with Crippen molar-refractivity contribution < 1.29 is 0 Å². The van der Waals surface area contributed by atoms with Crippen LogP contribution in [0.3, 0.4) is 0 Å². The summed E-state index contributed by atoms with van der Waals surface area (Å²) in [5.74, 6) is 0.685. The van der Waals surface area contributed by atoms with Gasteiger partial charge in [0.15, 0.2) is 0 Å². The smallest absolute Gasteiger partial charge is 0.0130 e. The second-order valence-electron chi connectivity index (χ2n) is 1.83. The summed E-state index contributed by atoms with van der Waals surface area (Å²) in [7, 11) is 0. The third-order valence-corrected chi connectivity index (χ3v) is 1.29. The maximum atomic E-state index is 6.97. The molecule has 0 unspecified atom stereocenters. The van der Waals surface area contributed by atoms with Crippen LogP contribution in [0, 0.1) is 11.3 Å². The molecule has 1 nitrogen and oxygen atoms in total. The molecule has 1 fully saturated rings. The Kier molecular flexibility index (Phi) is 0.685. The molecular formula is C5H9N. The van der Waals surface area contributed by atoms with Gasteiger partial charge in [0.2, 0.25) is 0 Å². The number of rotatable bonds is 1. The van der Waals surface area contributed by atoms with Gasteiger partial charge in [-0.1, -0.05) is 6.92 Å². The first-order chi connectivity index (χ1) is 2.84. The van der Waals surface area contributed by atoms with Crippen molar-refractivity contribution >= 4 is 5.71 Å². The van der Waals surface area contributed by atoms with Gasteiger partial charge in [0, 0.05) is 11.6 Å². The van der Waals surface area contributed by atoms with Crippen molar-refractivity contribution in [3.05, 3.63) is 0 Å². The highest BCUT2D eigenvalue weighted by atomic mass is 14.5. The Morgan fingerprint density at radius 2 is 2.50 bits per heavy atom. The van der Waals surface area contributed by atoms with Crippen LogP contribution < -0.4 is 0 Å². The molecule has 1 N–H and O–H groups in total. The van der Waals surface area contributed by atoms with Gasteiger partial charge >= 0.3 is 0 Å². The first-order valence-corrected chi connectivity index (χ1v) is 2.42. The largest absolute Gasteiger partial charge is 0.309 e. The third-order valence-electron chi connectivity index (χ3n) is 1.29. The van der Waals surface area contributed by atoms with E-state index in [2.05, 4.69) is 6.92 Å². The molecule has 0 aromatic heterocycles. The highest BCUT2D eigenvalue weighted by molar-refractivity contribution is 5.98. The maximum absolute atomic E-state index is 6.97.